The standard InChI is InChI=1S/C24H27ClN4O7S2/c1-5-36-22(30)14-37(31,32)16-10-11-18(20(12-16)35-4)28-24-26-13-17(25)23(29-24)27-19-8-6-7-9-21(19)38(33,34)15(2)3/h6-13,15H,5,14H2,1-4H3,(H2,26,27,28,29). The van der Waals surface area contributed by atoms with Gasteiger partial charge in [-0.3, -0.25) is 4.79 Å². The number of esters is 1. The molecule has 0 radical (unpaired) electrons. The summed E-state index contributed by atoms with van der Waals surface area (Å²) >= 11 is 6.28. The monoisotopic (exact) mass is 582 g/mol. The Balaban J connectivity index is 1.90. The van der Waals surface area contributed by atoms with Crippen molar-refractivity contribution in [1.29, 1.82) is 0 Å². The van der Waals surface area contributed by atoms with Crippen molar-refractivity contribution >= 4 is 60.4 Å². The highest BCUT2D eigenvalue weighted by Gasteiger charge is 2.24. The molecule has 3 rings (SSSR count). The third-order valence-electron chi connectivity index (χ3n) is 5.20. The van der Waals surface area contributed by atoms with E-state index in [1.807, 2.05) is 0 Å². The predicted octanol–water partition coefficient (Wildman–Crippen LogP) is 4.14. The summed E-state index contributed by atoms with van der Waals surface area (Å²) < 4.78 is 60.8. The molecular weight excluding hydrogens is 556 g/mol. The van der Waals surface area contributed by atoms with Crippen LogP contribution in [0.25, 0.3) is 0 Å². The van der Waals surface area contributed by atoms with Crippen LogP contribution in [0.1, 0.15) is 20.8 Å². The maximum Gasteiger partial charge on any atom is 0.321 e. The molecule has 0 atom stereocenters. The lowest BCUT2D eigenvalue weighted by molar-refractivity contribution is -0.139. The van der Waals surface area contributed by atoms with Crippen LogP contribution in [0, 0.1) is 0 Å². The molecule has 0 aliphatic heterocycles. The molecular formula is C24H27ClN4O7S2. The van der Waals surface area contributed by atoms with E-state index in [2.05, 4.69) is 20.6 Å². The van der Waals surface area contributed by atoms with E-state index >= 15 is 0 Å². The zero-order valence-electron chi connectivity index (χ0n) is 21.1. The molecule has 0 aliphatic carbocycles. The minimum Gasteiger partial charge on any atom is -0.495 e. The van der Waals surface area contributed by atoms with Gasteiger partial charge in [-0.15, -0.1) is 0 Å². The van der Waals surface area contributed by atoms with Gasteiger partial charge in [0, 0.05) is 6.07 Å². The molecule has 0 amide bonds. The summed E-state index contributed by atoms with van der Waals surface area (Å²) in [7, 11) is -6.21. The van der Waals surface area contributed by atoms with E-state index in [1.54, 1.807) is 39.0 Å². The molecule has 1 heterocycles. The molecule has 14 heteroatoms. The lowest BCUT2D eigenvalue weighted by atomic mass is 10.3. The maximum absolute atomic E-state index is 12.8. The van der Waals surface area contributed by atoms with Gasteiger partial charge < -0.3 is 20.1 Å². The largest absolute Gasteiger partial charge is 0.495 e. The molecule has 204 valence electrons. The summed E-state index contributed by atoms with van der Waals surface area (Å²) in [6, 6.07) is 10.4. The van der Waals surface area contributed by atoms with Crippen molar-refractivity contribution in [2.24, 2.45) is 0 Å². The number of nitrogens with one attached hydrogen (secondary N) is 2. The number of methoxy groups -OCH3 is 1. The number of hydrogen-bond acceptors (Lipinski definition) is 11. The van der Waals surface area contributed by atoms with Gasteiger partial charge in [0.1, 0.15) is 10.8 Å². The van der Waals surface area contributed by atoms with E-state index in [0.717, 1.165) is 0 Å². The Morgan fingerprint density at radius 1 is 1.05 bits per heavy atom. The molecule has 2 aromatic carbocycles. The number of para-hydroxylation sites is 1. The summed E-state index contributed by atoms with van der Waals surface area (Å²) in [5, 5.41) is 5.39. The van der Waals surface area contributed by atoms with Crippen LogP contribution in [0.3, 0.4) is 0 Å². The molecule has 11 nitrogen and oxygen atoms in total. The zero-order valence-corrected chi connectivity index (χ0v) is 23.4. The van der Waals surface area contributed by atoms with Gasteiger partial charge in [0.2, 0.25) is 5.95 Å². The summed E-state index contributed by atoms with van der Waals surface area (Å²) in [6.07, 6.45) is 1.32. The fraction of sp³-hybridized carbons (Fsp3) is 0.292. The predicted molar refractivity (Wildman–Crippen MR) is 144 cm³/mol. The third-order valence-corrected chi connectivity index (χ3v) is 9.28. The fourth-order valence-electron chi connectivity index (χ4n) is 3.24. The van der Waals surface area contributed by atoms with Crippen molar-refractivity contribution in [2.75, 3.05) is 30.1 Å². The summed E-state index contributed by atoms with van der Waals surface area (Å²) in [5.74, 6) is -1.30. The summed E-state index contributed by atoms with van der Waals surface area (Å²) in [6.45, 7) is 4.83. The van der Waals surface area contributed by atoms with Gasteiger partial charge in [0.25, 0.3) is 0 Å². The molecule has 0 fully saturated rings. The molecule has 0 saturated carbocycles. The van der Waals surface area contributed by atoms with Gasteiger partial charge in [-0.2, -0.15) is 4.98 Å². The van der Waals surface area contributed by atoms with E-state index in [0.29, 0.717) is 11.4 Å². The Labute approximate surface area is 226 Å². The van der Waals surface area contributed by atoms with Crippen LogP contribution in [0.15, 0.2) is 58.5 Å². The van der Waals surface area contributed by atoms with E-state index in [-0.39, 0.29) is 38.9 Å². The molecule has 0 saturated heterocycles. The minimum absolute atomic E-state index is 0.0671. The first-order valence-corrected chi connectivity index (χ1v) is 14.9. The Kier molecular flexibility index (Phi) is 9.18. The van der Waals surface area contributed by atoms with Crippen molar-refractivity contribution in [3.8, 4) is 5.75 Å². The SMILES string of the molecule is CCOC(=O)CS(=O)(=O)c1ccc(Nc2ncc(Cl)c(Nc3ccccc3S(=O)(=O)C(C)C)n2)c(OC)c1. The van der Waals surface area contributed by atoms with Gasteiger partial charge >= 0.3 is 5.97 Å². The van der Waals surface area contributed by atoms with Gasteiger partial charge in [0.05, 0.1) is 46.3 Å². The van der Waals surface area contributed by atoms with Crippen LogP contribution in [0.2, 0.25) is 5.02 Å². The lowest BCUT2D eigenvalue weighted by Gasteiger charge is -2.16. The highest BCUT2D eigenvalue weighted by molar-refractivity contribution is 7.92. The van der Waals surface area contributed by atoms with Crippen molar-refractivity contribution < 1.29 is 31.1 Å². The van der Waals surface area contributed by atoms with Crippen LogP contribution in [-0.2, 0) is 29.2 Å². The van der Waals surface area contributed by atoms with Crippen LogP contribution in [-0.4, -0.2) is 57.5 Å². The second-order valence-electron chi connectivity index (χ2n) is 8.16. The number of hydrogen-bond donors (Lipinski definition) is 2. The number of nitrogens with zero attached hydrogens (tertiary/aromatic N) is 2. The Bertz CT molecular complexity index is 1550. The molecule has 3 aromatic rings. The quantitative estimate of drug-likeness (QED) is 0.313. The third kappa shape index (κ3) is 6.71. The van der Waals surface area contributed by atoms with E-state index in [1.165, 1.54) is 37.6 Å². The van der Waals surface area contributed by atoms with Crippen LogP contribution >= 0.6 is 11.6 Å². The van der Waals surface area contributed by atoms with E-state index < -0.39 is 36.6 Å². The van der Waals surface area contributed by atoms with E-state index in [9.17, 15) is 21.6 Å². The number of sulfone groups is 2. The Morgan fingerprint density at radius 3 is 2.42 bits per heavy atom. The fourth-order valence-corrected chi connectivity index (χ4v) is 5.71. The van der Waals surface area contributed by atoms with Gasteiger partial charge in [-0.05, 0) is 45.0 Å². The molecule has 0 unspecified atom stereocenters. The Morgan fingerprint density at radius 2 is 1.76 bits per heavy atom. The van der Waals surface area contributed by atoms with Gasteiger partial charge in [-0.1, -0.05) is 23.7 Å². The van der Waals surface area contributed by atoms with Gasteiger partial charge in [-0.25, -0.2) is 21.8 Å². The van der Waals surface area contributed by atoms with Crippen molar-refractivity contribution in [3.63, 3.8) is 0 Å². The van der Waals surface area contributed by atoms with Crippen LogP contribution in [0.4, 0.5) is 23.1 Å². The number of benzene rings is 2. The smallest absolute Gasteiger partial charge is 0.321 e. The highest BCUT2D eigenvalue weighted by atomic mass is 35.5. The molecule has 0 bridgehead atoms. The number of anilines is 4. The highest BCUT2D eigenvalue weighted by Crippen LogP contribution is 2.33. The maximum atomic E-state index is 12.8. The van der Waals surface area contributed by atoms with E-state index in [4.69, 9.17) is 21.1 Å². The van der Waals surface area contributed by atoms with Crippen LogP contribution < -0.4 is 15.4 Å². The first-order chi connectivity index (χ1) is 17.9. The normalized spacial score (nSPS) is 11.7. The van der Waals surface area contributed by atoms with Crippen LogP contribution in [0.5, 0.6) is 5.75 Å². The van der Waals surface area contributed by atoms with Crippen molar-refractivity contribution in [1.82, 2.24) is 9.97 Å². The molecule has 1 aromatic heterocycles. The lowest BCUT2D eigenvalue weighted by Crippen LogP contribution is -2.18. The second-order valence-corrected chi connectivity index (χ2v) is 13.0. The number of halogens is 1. The average molecular weight is 583 g/mol. The topological polar surface area (TPSA) is 154 Å². The number of carbonyl (C=O) groups excluding carboxylic acids is 1. The molecule has 0 spiro atoms. The number of ether oxygens (including phenoxy) is 2. The average Bonchev–Trinajstić information content (AvgIpc) is 2.86. The first kappa shape index (κ1) is 29.1. The van der Waals surface area contributed by atoms with Crippen molar-refractivity contribution in [3.05, 3.63) is 53.7 Å². The molecule has 0 aliphatic rings. The number of rotatable bonds is 11. The van der Waals surface area contributed by atoms with Gasteiger partial charge in [0.15, 0.2) is 31.2 Å². The second kappa shape index (κ2) is 12.0. The number of carbonyl (C=O) groups is 1. The molecule has 38 heavy (non-hydrogen) atoms. The van der Waals surface area contributed by atoms with Crippen molar-refractivity contribution in [2.45, 2.75) is 35.8 Å². The molecule has 2 N–H and O–H groups in total. The summed E-state index contributed by atoms with van der Waals surface area (Å²) in [5.41, 5.74) is 0.625. The summed E-state index contributed by atoms with van der Waals surface area (Å²) in [4.78, 5) is 20.1. The first-order valence-electron chi connectivity index (χ1n) is 11.3. The number of aromatic nitrogens is 2. The minimum atomic E-state index is -3.96. The zero-order chi connectivity index (χ0) is 28.1. The Hall–Kier alpha value is -3.42.